The molecule has 0 unspecified atom stereocenters. The molecule has 2 N–H and O–H groups in total. The van der Waals surface area contributed by atoms with Gasteiger partial charge in [-0.3, -0.25) is 5.10 Å². The number of aromatic nitrogens is 2. The van der Waals surface area contributed by atoms with E-state index in [1.54, 1.807) is 6.07 Å². The molecule has 1 aromatic heterocycles. The largest absolute Gasteiger partial charge is 0.495 e. The number of nitrogens with one attached hydrogen (secondary N) is 1. The van der Waals surface area contributed by atoms with Gasteiger partial charge in [-0.15, -0.1) is 0 Å². The van der Waals surface area contributed by atoms with Gasteiger partial charge in [-0.1, -0.05) is 18.2 Å². The van der Waals surface area contributed by atoms with Crippen molar-refractivity contribution in [1.29, 1.82) is 0 Å². The van der Waals surface area contributed by atoms with E-state index >= 15 is 0 Å². The van der Waals surface area contributed by atoms with Gasteiger partial charge in [-0.2, -0.15) is 5.10 Å². The number of benzene rings is 2. The Morgan fingerprint density at radius 3 is 2.72 bits per heavy atom. The number of ether oxygens (including phenoxy) is 1. The first-order valence-corrected chi connectivity index (χ1v) is 7.75. The molecule has 0 amide bonds. The van der Waals surface area contributed by atoms with Crippen molar-refractivity contribution in [3.05, 3.63) is 53.2 Å². The molecule has 6 heteroatoms. The number of nitrogens with zero attached hydrogens (tertiary/aromatic N) is 2. The maximum absolute atomic E-state index is 11.4. The van der Waals surface area contributed by atoms with Crippen LogP contribution in [0.1, 0.15) is 21.6 Å². The average molecular weight is 337 g/mol. The first-order chi connectivity index (χ1) is 12.0. The third-order valence-corrected chi connectivity index (χ3v) is 3.97. The minimum Gasteiger partial charge on any atom is -0.495 e. The van der Waals surface area contributed by atoms with Crippen LogP contribution in [0.3, 0.4) is 0 Å². The molecule has 0 saturated heterocycles. The third kappa shape index (κ3) is 3.19. The Labute approximate surface area is 145 Å². The molecule has 0 bridgehead atoms. The molecular formula is C19H19N3O3. The topological polar surface area (TPSA) is 78.5 Å². The van der Waals surface area contributed by atoms with Crippen molar-refractivity contribution in [2.75, 3.05) is 26.1 Å². The molecule has 128 valence electrons. The highest BCUT2D eigenvalue weighted by Crippen LogP contribution is 2.32. The molecule has 3 aromatic rings. The summed E-state index contributed by atoms with van der Waals surface area (Å²) in [7, 11) is 5.44. The summed E-state index contributed by atoms with van der Waals surface area (Å²) in [6.07, 6.45) is 3.79. The van der Waals surface area contributed by atoms with E-state index in [1.807, 2.05) is 49.3 Å². The monoisotopic (exact) mass is 337 g/mol. The number of hydrogen-bond acceptors (Lipinski definition) is 4. The van der Waals surface area contributed by atoms with Crippen molar-refractivity contribution in [2.24, 2.45) is 0 Å². The van der Waals surface area contributed by atoms with Crippen LogP contribution in [0.15, 0.2) is 36.4 Å². The first kappa shape index (κ1) is 16.6. The molecule has 0 saturated carbocycles. The van der Waals surface area contributed by atoms with Crippen LogP contribution in [0.5, 0.6) is 5.75 Å². The normalized spacial score (nSPS) is 11.2. The smallest absolute Gasteiger partial charge is 0.339 e. The van der Waals surface area contributed by atoms with Crippen molar-refractivity contribution >= 4 is 34.7 Å². The minimum atomic E-state index is -1.03. The zero-order valence-corrected chi connectivity index (χ0v) is 14.3. The van der Waals surface area contributed by atoms with Crippen LogP contribution in [0.4, 0.5) is 5.69 Å². The first-order valence-electron chi connectivity index (χ1n) is 7.75. The number of rotatable bonds is 5. The van der Waals surface area contributed by atoms with E-state index in [9.17, 15) is 9.90 Å². The van der Waals surface area contributed by atoms with Gasteiger partial charge in [0.2, 0.25) is 0 Å². The minimum absolute atomic E-state index is 0.112. The van der Waals surface area contributed by atoms with E-state index in [0.29, 0.717) is 16.8 Å². The summed E-state index contributed by atoms with van der Waals surface area (Å²) in [6.45, 7) is 0. The number of carbonyl (C=O) groups is 1. The number of H-pyrrole nitrogens is 1. The molecule has 25 heavy (non-hydrogen) atoms. The second-order valence-electron chi connectivity index (χ2n) is 5.81. The van der Waals surface area contributed by atoms with E-state index in [2.05, 4.69) is 16.3 Å². The maximum atomic E-state index is 11.4. The highest BCUT2D eigenvalue weighted by molar-refractivity contribution is 6.02. The van der Waals surface area contributed by atoms with Crippen LogP contribution in [0, 0.1) is 0 Å². The van der Waals surface area contributed by atoms with Gasteiger partial charge in [0, 0.05) is 19.8 Å². The van der Waals surface area contributed by atoms with Gasteiger partial charge in [-0.25, -0.2) is 4.79 Å². The summed E-state index contributed by atoms with van der Waals surface area (Å²) >= 11 is 0. The van der Waals surface area contributed by atoms with Gasteiger partial charge >= 0.3 is 5.97 Å². The quantitative estimate of drug-likeness (QED) is 0.745. The summed E-state index contributed by atoms with van der Waals surface area (Å²) in [5.74, 6) is -0.728. The zero-order chi connectivity index (χ0) is 18.0. The number of carboxylic acid groups (broad SMARTS) is 1. The SMILES string of the molecule is COc1c(C(=O)O)ccc2[nH]nc(C=Cc3cccc(N(C)C)c3)c12. The zero-order valence-electron chi connectivity index (χ0n) is 14.3. The summed E-state index contributed by atoms with van der Waals surface area (Å²) in [5, 5.41) is 17.2. The van der Waals surface area contributed by atoms with Crippen molar-refractivity contribution in [1.82, 2.24) is 10.2 Å². The summed E-state index contributed by atoms with van der Waals surface area (Å²) in [6, 6.07) is 11.3. The van der Waals surface area contributed by atoms with Crippen LogP contribution in [-0.2, 0) is 0 Å². The van der Waals surface area contributed by atoms with E-state index in [4.69, 9.17) is 4.74 Å². The van der Waals surface area contributed by atoms with Crippen LogP contribution in [0.2, 0.25) is 0 Å². The number of hydrogen-bond donors (Lipinski definition) is 2. The Hall–Kier alpha value is -3.28. The molecule has 0 aliphatic heterocycles. The molecular weight excluding hydrogens is 318 g/mol. The third-order valence-electron chi connectivity index (χ3n) is 3.97. The number of methoxy groups -OCH3 is 1. The second kappa shape index (κ2) is 6.68. The Kier molecular flexibility index (Phi) is 4.43. The number of fused-ring (bicyclic) bond motifs is 1. The molecule has 0 radical (unpaired) electrons. The number of carboxylic acids is 1. The Bertz CT molecular complexity index is 958. The van der Waals surface area contributed by atoms with Crippen LogP contribution in [-0.4, -0.2) is 42.5 Å². The fraction of sp³-hybridized carbons (Fsp3) is 0.158. The van der Waals surface area contributed by atoms with Crippen molar-refractivity contribution < 1.29 is 14.6 Å². The maximum Gasteiger partial charge on any atom is 0.339 e. The number of anilines is 1. The van der Waals surface area contributed by atoms with Crippen molar-refractivity contribution in [2.45, 2.75) is 0 Å². The van der Waals surface area contributed by atoms with Gasteiger partial charge in [0.25, 0.3) is 0 Å². The number of aromatic amines is 1. The highest BCUT2D eigenvalue weighted by atomic mass is 16.5. The van der Waals surface area contributed by atoms with Crippen LogP contribution in [0.25, 0.3) is 23.1 Å². The summed E-state index contributed by atoms with van der Waals surface area (Å²) in [5.41, 5.74) is 3.59. The van der Waals surface area contributed by atoms with E-state index in [0.717, 1.165) is 16.8 Å². The average Bonchev–Trinajstić information content (AvgIpc) is 3.02. The predicted molar refractivity (Wildman–Crippen MR) is 99.3 cm³/mol. The van der Waals surface area contributed by atoms with Crippen LogP contribution < -0.4 is 9.64 Å². The molecule has 2 aromatic carbocycles. The Morgan fingerprint density at radius 2 is 2.04 bits per heavy atom. The lowest BCUT2D eigenvalue weighted by Crippen LogP contribution is -2.08. The standard InChI is InChI=1S/C19H19N3O3/c1-22(2)13-6-4-5-12(11-13)7-9-15-17-16(21-20-15)10-8-14(19(23)24)18(17)25-3/h4-11H,1-3H3,(H,20,21)(H,23,24). The second-order valence-corrected chi connectivity index (χ2v) is 5.81. The molecule has 3 rings (SSSR count). The Morgan fingerprint density at radius 1 is 1.24 bits per heavy atom. The van der Waals surface area contributed by atoms with Crippen LogP contribution >= 0.6 is 0 Å². The highest BCUT2D eigenvalue weighted by Gasteiger charge is 2.17. The summed E-state index contributed by atoms with van der Waals surface area (Å²) < 4.78 is 5.34. The Balaban J connectivity index is 2.06. The van der Waals surface area contributed by atoms with E-state index in [-0.39, 0.29) is 5.56 Å². The van der Waals surface area contributed by atoms with Gasteiger partial charge in [0.05, 0.1) is 23.7 Å². The fourth-order valence-electron chi connectivity index (χ4n) is 2.69. The number of aromatic carboxylic acids is 1. The lowest BCUT2D eigenvalue weighted by atomic mass is 10.1. The molecule has 0 spiro atoms. The molecule has 0 atom stereocenters. The molecule has 6 nitrogen and oxygen atoms in total. The van der Waals surface area contributed by atoms with E-state index < -0.39 is 5.97 Å². The summed E-state index contributed by atoms with van der Waals surface area (Å²) in [4.78, 5) is 13.4. The van der Waals surface area contributed by atoms with Gasteiger partial charge in [0.1, 0.15) is 11.3 Å². The lowest BCUT2D eigenvalue weighted by Gasteiger charge is -2.12. The van der Waals surface area contributed by atoms with Gasteiger partial charge in [-0.05, 0) is 35.9 Å². The van der Waals surface area contributed by atoms with Gasteiger partial charge < -0.3 is 14.7 Å². The fourth-order valence-corrected chi connectivity index (χ4v) is 2.69. The van der Waals surface area contributed by atoms with E-state index in [1.165, 1.54) is 13.2 Å². The van der Waals surface area contributed by atoms with Crippen molar-refractivity contribution in [3.63, 3.8) is 0 Å². The predicted octanol–water partition coefficient (Wildman–Crippen LogP) is 3.51. The molecule has 0 aliphatic rings. The molecule has 0 fully saturated rings. The van der Waals surface area contributed by atoms with Crippen molar-refractivity contribution in [3.8, 4) is 5.75 Å². The molecule has 0 aliphatic carbocycles. The lowest BCUT2D eigenvalue weighted by molar-refractivity contribution is 0.0693. The molecule has 1 heterocycles. The van der Waals surface area contributed by atoms with Gasteiger partial charge in [0.15, 0.2) is 0 Å².